The van der Waals surface area contributed by atoms with Crippen LogP contribution in [0.25, 0.3) is 0 Å². The number of hydrogen-bond donors (Lipinski definition) is 1. The number of halogens is 3. The Kier molecular flexibility index (Phi) is 5.27. The SMILES string of the molecule is O=C(Nc1ccc(Br)cc1F)c1cccn(Cc2ccccc2F)c1=O. The lowest BCUT2D eigenvalue weighted by Gasteiger charge is -2.10. The van der Waals surface area contributed by atoms with Crippen LogP contribution in [0.15, 0.2) is 70.1 Å². The van der Waals surface area contributed by atoms with Gasteiger partial charge < -0.3 is 9.88 Å². The average Bonchev–Trinajstić information content (AvgIpc) is 2.61. The van der Waals surface area contributed by atoms with E-state index in [0.717, 1.165) is 0 Å². The normalized spacial score (nSPS) is 10.6. The highest BCUT2D eigenvalue weighted by Crippen LogP contribution is 2.19. The van der Waals surface area contributed by atoms with E-state index in [9.17, 15) is 18.4 Å². The number of benzene rings is 2. The van der Waals surface area contributed by atoms with E-state index in [1.165, 1.54) is 41.1 Å². The smallest absolute Gasteiger partial charge is 0.263 e. The summed E-state index contributed by atoms with van der Waals surface area (Å²) in [4.78, 5) is 24.9. The van der Waals surface area contributed by atoms with Crippen LogP contribution >= 0.6 is 15.9 Å². The second-order valence-electron chi connectivity index (χ2n) is 5.52. The van der Waals surface area contributed by atoms with Crippen molar-refractivity contribution in [2.24, 2.45) is 0 Å². The van der Waals surface area contributed by atoms with E-state index in [-0.39, 0.29) is 17.8 Å². The number of nitrogens with zero attached hydrogens (tertiary/aromatic N) is 1. The third-order valence-corrected chi connectivity index (χ3v) is 4.24. The molecule has 1 aromatic heterocycles. The summed E-state index contributed by atoms with van der Waals surface area (Å²) in [6.45, 7) is -0.0146. The maximum Gasteiger partial charge on any atom is 0.263 e. The van der Waals surface area contributed by atoms with Gasteiger partial charge >= 0.3 is 0 Å². The van der Waals surface area contributed by atoms with Crippen LogP contribution in [0.2, 0.25) is 0 Å². The molecule has 0 unspecified atom stereocenters. The van der Waals surface area contributed by atoms with Gasteiger partial charge in [0.1, 0.15) is 17.2 Å². The summed E-state index contributed by atoms with van der Waals surface area (Å²) in [5, 5.41) is 2.37. The molecular formula is C19H13BrF2N2O2. The highest BCUT2D eigenvalue weighted by molar-refractivity contribution is 9.10. The van der Waals surface area contributed by atoms with E-state index in [1.54, 1.807) is 24.3 Å². The molecule has 0 saturated heterocycles. The van der Waals surface area contributed by atoms with E-state index in [1.807, 2.05) is 0 Å². The molecule has 1 heterocycles. The molecule has 3 rings (SSSR count). The van der Waals surface area contributed by atoms with Crippen LogP contribution in [0.1, 0.15) is 15.9 Å². The minimum Gasteiger partial charge on any atom is -0.319 e. The van der Waals surface area contributed by atoms with Gasteiger partial charge in [0.15, 0.2) is 0 Å². The summed E-state index contributed by atoms with van der Waals surface area (Å²) >= 11 is 3.13. The Labute approximate surface area is 156 Å². The highest BCUT2D eigenvalue weighted by atomic mass is 79.9. The molecule has 0 aliphatic carbocycles. The van der Waals surface area contributed by atoms with Gasteiger partial charge in [-0.05, 0) is 36.4 Å². The van der Waals surface area contributed by atoms with E-state index in [4.69, 9.17) is 0 Å². The van der Waals surface area contributed by atoms with Crippen molar-refractivity contribution in [1.29, 1.82) is 0 Å². The van der Waals surface area contributed by atoms with Gasteiger partial charge in [-0.25, -0.2) is 8.78 Å². The number of nitrogens with one attached hydrogen (secondary N) is 1. The fourth-order valence-electron chi connectivity index (χ4n) is 2.42. The van der Waals surface area contributed by atoms with E-state index >= 15 is 0 Å². The van der Waals surface area contributed by atoms with Crippen LogP contribution in [0.4, 0.5) is 14.5 Å². The standard InChI is InChI=1S/C19H13BrF2N2O2/c20-13-7-8-17(16(22)10-13)23-18(25)14-5-3-9-24(19(14)26)11-12-4-1-2-6-15(12)21/h1-10H,11H2,(H,23,25). The van der Waals surface area contributed by atoms with Crippen molar-refractivity contribution in [1.82, 2.24) is 4.57 Å². The molecule has 1 N–H and O–H groups in total. The van der Waals surface area contributed by atoms with Crippen LogP contribution in [-0.2, 0) is 6.54 Å². The summed E-state index contributed by atoms with van der Waals surface area (Å²) in [6.07, 6.45) is 1.46. The number of carbonyl (C=O) groups is 1. The van der Waals surface area contributed by atoms with Crippen molar-refractivity contribution in [3.8, 4) is 0 Å². The van der Waals surface area contributed by atoms with Crippen molar-refractivity contribution >= 4 is 27.5 Å². The first kappa shape index (κ1) is 18.0. The Morgan fingerprint density at radius 3 is 2.54 bits per heavy atom. The molecule has 0 spiro atoms. The first-order valence-corrected chi connectivity index (χ1v) is 8.44. The van der Waals surface area contributed by atoms with Gasteiger partial charge in [-0.2, -0.15) is 0 Å². The van der Waals surface area contributed by atoms with E-state index in [0.29, 0.717) is 10.0 Å². The van der Waals surface area contributed by atoms with Gasteiger partial charge in [0, 0.05) is 16.2 Å². The number of hydrogen-bond acceptors (Lipinski definition) is 2. The molecule has 0 saturated carbocycles. The molecule has 0 aliphatic rings. The zero-order valence-electron chi connectivity index (χ0n) is 13.4. The maximum atomic E-state index is 13.9. The number of pyridine rings is 1. The van der Waals surface area contributed by atoms with E-state index in [2.05, 4.69) is 21.2 Å². The van der Waals surface area contributed by atoms with Crippen LogP contribution in [0.3, 0.4) is 0 Å². The first-order chi connectivity index (χ1) is 12.5. The van der Waals surface area contributed by atoms with Crippen LogP contribution in [0, 0.1) is 11.6 Å². The zero-order valence-corrected chi connectivity index (χ0v) is 15.0. The molecule has 0 radical (unpaired) electrons. The van der Waals surface area contributed by atoms with Crippen molar-refractivity contribution in [3.05, 3.63) is 98.4 Å². The Balaban J connectivity index is 1.88. The third kappa shape index (κ3) is 3.88. The minimum absolute atomic E-state index is 0.0146. The number of carbonyl (C=O) groups excluding carboxylic acids is 1. The maximum absolute atomic E-state index is 13.9. The molecule has 4 nitrogen and oxygen atoms in total. The Bertz CT molecular complexity index is 1030. The van der Waals surface area contributed by atoms with Gasteiger partial charge in [-0.15, -0.1) is 0 Å². The van der Waals surface area contributed by atoms with Crippen molar-refractivity contribution in [2.75, 3.05) is 5.32 Å². The minimum atomic E-state index is -0.737. The summed E-state index contributed by atoms with van der Waals surface area (Å²) in [5.74, 6) is -1.80. The predicted octanol–water partition coefficient (Wildman–Crippen LogP) is 4.19. The van der Waals surface area contributed by atoms with E-state index < -0.39 is 23.1 Å². The lowest BCUT2D eigenvalue weighted by molar-refractivity contribution is 0.102. The Morgan fingerprint density at radius 1 is 1.04 bits per heavy atom. The molecule has 3 aromatic rings. The Hall–Kier alpha value is -2.80. The summed E-state index contributed by atoms with van der Waals surface area (Å²) in [7, 11) is 0. The molecule has 132 valence electrons. The Morgan fingerprint density at radius 2 is 1.81 bits per heavy atom. The van der Waals surface area contributed by atoms with Gasteiger partial charge in [0.05, 0.1) is 12.2 Å². The third-order valence-electron chi connectivity index (χ3n) is 3.74. The molecule has 1 amide bonds. The monoisotopic (exact) mass is 418 g/mol. The van der Waals surface area contributed by atoms with Crippen molar-refractivity contribution < 1.29 is 13.6 Å². The van der Waals surface area contributed by atoms with Gasteiger partial charge in [-0.3, -0.25) is 9.59 Å². The first-order valence-electron chi connectivity index (χ1n) is 7.65. The molecule has 26 heavy (non-hydrogen) atoms. The topological polar surface area (TPSA) is 51.1 Å². The molecule has 7 heteroatoms. The second kappa shape index (κ2) is 7.61. The fourth-order valence-corrected chi connectivity index (χ4v) is 2.76. The van der Waals surface area contributed by atoms with Crippen molar-refractivity contribution in [3.63, 3.8) is 0 Å². The van der Waals surface area contributed by atoms with Crippen LogP contribution < -0.4 is 10.9 Å². The molecular weight excluding hydrogens is 406 g/mol. The summed E-state index contributed by atoms with van der Waals surface area (Å²) < 4.78 is 29.4. The number of anilines is 1. The fraction of sp³-hybridized carbons (Fsp3) is 0.0526. The number of rotatable bonds is 4. The number of amides is 1. The predicted molar refractivity (Wildman–Crippen MR) is 98.3 cm³/mol. The lowest BCUT2D eigenvalue weighted by Crippen LogP contribution is -2.29. The molecule has 0 aliphatic heterocycles. The lowest BCUT2D eigenvalue weighted by atomic mass is 10.2. The molecule has 2 aromatic carbocycles. The van der Waals surface area contributed by atoms with Crippen LogP contribution in [0.5, 0.6) is 0 Å². The van der Waals surface area contributed by atoms with Gasteiger partial charge in [0.2, 0.25) is 0 Å². The van der Waals surface area contributed by atoms with Crippen molar-refractivity contribution in [2.45, 2.75) is 6.54 Å². The number of aromatic nitrogens is 1. The zero-order chi connectivity index (χ0) is 18.7. The average molecular weight is 419 g/mol. The van der Waals surface area contributed by atoms with Gasteiger partial charge in [-0.1, -0.05) is 34.1 Å². The quantitative estimate of drug-likeness (QED) is 0.690. The second-order valence-corrected chi connectivity index (χ2v) is 6.44. The molecule has 0 fully saturated rings. The van der Waals surface area contributed by atoms with Gasteiger partial charge in [0.25, 0.3) is 11.5 Å². The summed E-state index contributed by atoms with van der Waals surface area (Å²) in [6, 6.07) is 13.1. The van der Waals surface area contributed by atoms with Crippen LogP contribution in [-0.4, -0.2) is 10.5 Å². The molecule has 0 atom stereocenters. The summed E-state index contributed by atoms with van der Waals surface area (Å²) in [5.41, 5.74) is -0.467. The molecule has 0 bridgehead atoms. The highest BCUT2D eigenvalue weighted by Gasteiger charge is 2.15. The largest absolute Gasteiger partial charge is 0.319 e.